The van der Waals surface area contributed by atoms with E-state index in [2.05, 4.69) is 25.0 Å². The Hall–Kier alpha value is -2.97. The largest absolute Gasteiger partial charge is 0.463 e. The predicted molar refractivity (Wildman–Crippen MR) is 139 cm³/mol. The molecule has 0 saturated carbocycles. The van der Waals surface area contributed by atoms with Gasteiger partial charge in [0.25, 0.3) is 0 Å². The van der Waals surface area contributed by atoms with Gasteiger partial charge < -0.3 is 19.5 Å². The standard InChI is InChI=1S/C27H37NO6Si/c1-21(29)28-23(19-22-13-9-8-10-14-22)26(31)34-24(27(2)20-33-27)15-11-6-7-12-16-25(30)32-17-18-35(3,4)5/h6-16,23-24H,17-20H2,1-5H3,(H,28,29)/b7-6-,15-11+,16-12+/t23-,24+,27-/m0/s1. The smallest absolute Gasteiger partial charge is 0.330 e. The zero-order valence-corrected chi connectivity index (χ0v) is 22.3. The molecule has 1 aliphatic heterocycles. The maximum Gasteiger partial charge on any atom is 0.330 e. The number of benzene rings is 1. The Bertz CT molecular complexity index is 944. The summed E-state index contributed by atoms with van der Waals surface area (Å²) >= 11 is 0. The first-order valence-electron chi connectivity index (χ1n) is 11.8. The molecule has 1 amide bonds. The molecule has 0 aromatic heterocycles. The van der Waals surface area contributed by atoms with Gasteiger partial charge in [-0.2, -0.15) is 0 Å². The number of nitrogens with one attached hydrogen (secondary N) is 1. The van der Waals surface area contributed by atoms with E-state index in [1.807, 2.05) is 37.3 Å². The van der Waals surface area contributed by atoms with Gasteiger partial charge in [0.05, 0.1) is 13.2 Å². The summed E-state index contributed by atoms with van der Waals surface area (Å²) in [7, 11) is -1.23. The fourth-order valence-electron chi connectivity index (χ4n) is 3.07. The Morgan fingerprint density at radius 2 is 1.77 bits per heavy atom. The van der Waals surface area contributed by atoms with Crippen LogP contribution >= 0.6 is 0 Å². The quantitative estimate of drug-likeness (QED) is 0.145. The molecule has 0 aliphatic carbocycles. The van der Waals surface area contributed by atoms with E-state index >= 15 is 0 Å². The summed E-state index contributed by atoms with van der Waals surface area (Å²) in [5.41, 5.74) is 0.307. The lowest BCUT2D eigenvalue weighted by Crippen LogP contribution is -2.45. The summed E-state index contributed by atoms with van der Waals surface area (Å²) in [6.07, 6.45) is 9.57. The molecule has 1 aromatic carbocycles. The first kappa shape index (κ1) is 28.3. The molecule has 1 aliphatic rings. The van der Waals surface area contributed by atoms with Crippen LogP contribution in [0.4, 0.5) is 0 Å². The van der Waals surface area contributed by atoms with E-state index < -0.39 is 31.8 Å². The number of esters is 2. The van der Waals surface area contributed by atoms with Crippen molar-refractivity contribution in [2.75, 3.05) is 13.2 Å². The molecule has 0 unspecified atom stereocenters. The average molecular weight is 500 g/mol. The van der Waals surface area contributed by atoms with Crippen LogP contribution in [0.5, 0.6) is 0 Å². The molecule has 3 atom stereocenters. The van der Waals surface area contributed by atoms with Crippen LogP contribution < -0.4 is 5.32 Å². The van der Waals surface area contributed by atoms with Crippen molar-refractivity contribution >= 4 is 25.9 Å². The van der Waals surface area contributed by atoms with Gasteiger partial charge >= 0.3 is 11.9 Å². The molecule has 0 bridgehead atoms. The van der Waals surface area contributed by atoms with E-state index in [-0.39, 0.29) is 11.9 Å². The normalized spacial score (nSPS) is 19.6. The lowest BCUT2D eigenvalue weighted by Gasteiger charge is -2.22. The van der Waals surface area contributed by atoms with E-state index in [0.717, 1.165) is 11.6 Å². The maximum atomic E-state index is 12.9. The number of hydrogen-bond acceptors (Lipinski definition) is 6. The Balaban J connectivity index is 1.93. The second kappa shape index (κ2) is 13.2. The zero-order chi connectivity index (χ0) is 25.9. The highest BCUT2D eigenvalue weighted by atomic mass is 28.3. The SMILES string of the molecule is CC(=O)N[C@@H](Cc1ccccc1)C(=O)O[C@H](/C=C/C=C\C=C\C(=O)OCC[Si](C)(C)C)[C@]1(C)CO1. The molecular formula is C27H37NO6Si. The highest BCUT2D eigenvalue weighted by molar-refractivity contribution is 6.76. The van der Waals surface area contributed by atoms with E-state index in [0.29, 0.717) is 19.6 Å². The number of epoxide rings is 1. The Morgan fingerprint density at radius 3 is 2.37 bits per heavy atom. The van der Waals surface area contributed by atoms with Crippen molar-refractivity contribution < 1.29 is 28.6 Å². The fourth-order valence-corrected chi connectivity index (χ4v) is 3.79. The van der Waals surface area contributed by atoms with Crippen molar-refractivity contribution in [2.45, 2.75) is 63.7 Å². The zero-order valence-electron chi connectivity index (χ0n) is 21.3. The number of rotatable bonds is 13. The summed E-state index contributed by atoms with van der Waals surface area (Å²) in [5, 5.41) is 2.68. The molecule has 1 heterocycles. The van der Waals surface area contributed by atoms with E-state index in [1.165, 1.54) is 13.0 Å². The molecule has 0 spiro atoms. The van der Waals surface area contributed by atoms with Crippen molar-refractivity contribution in [1.29, 1.82) is 0 Å². The molecule has 1 fully saturated rings. The van der Waals surface area contributed by atoms with Gasteiger partial charge in [-0.05, 0) is 24.6 Å². The summed E-state index contributed by atoms with van der Waals surface area (Å²) in [6, 6.07) is 9.56. The first-order chi connectivity index (χ1) is 16.5. The second-order valence-corrected chi connectivity index (χ2v) is 15.6. The van der Waals surface area contributed by atoms with Crippen LogP contribution in [0.15, 0.2) is 66.8 Å². The lowest BCUT2D eigenvalue weighted by molar-refractivity contribution is -0.153. The monoisotopic (exact) mass is 499 g/mol. The van der Waals surface area contributed by atoms with Crippen LogP contribution in [0.3, 0.4) is 0 Å². The third-order valence-electron chi connectivity index (χ3n) is 5.34. The Morgan fingerprint density at radius 1 is 1.11 bits per heavy atom. The fraction of sp³-hybridized carbons (Fsp3) is 0.444. The van der Waals surface area contributed by atoms with Crippen LogP contribution in [0.1, 0.15) is 19.4 Å². The van der Waals surface area contributed by atoms with Crippen molar-refractivity contribution in [3.8, 4) is 0 Å². The number of ether oxygens (including phenoxy) is 3. The summed E-state index contributed by atoms with van der Waals surface area (Å²) < 4.78 is 16.4. The van der Waals surface area contributed by atoms with E-state index in [1.54, 1.807) is 30.4 Å². The second-order valence-electron chi connectivity index (χ2n) is 10.0. The molecule has 0 radical (unpaired) electrons. The molecule has 190 valence electrons. The minimum absolute atomic E-state index is 0.308. The first-order valence-corrected chi connectivity index (χ1v) is 15.5. The van der Waals surface area contributed by atoms with Crippen LogP contribution in [0.25, 0.3) is 0 Å². The highest BCUT2D eigenvalue weighted by Crippen LogP contribution is 2.33. The number of allylic oxidation sites excluding steroid dienone is 4. The van der Waals surface area contributed by atoms with Crippen molar-refractivity contribution in [1.82, 2.24) is 5.32 Å². The molecule has 1 N–H and O–H groups in total. The van der Waals surface area contributed by atoms with Crippen LogP contribution in [0, 0.1) is 0 Å². The number of hydrogen-bond donors (Lipinski definition) is 1. The molecule has 2 rings (SSSR count). The number of carbonyl (C=O) groups is 3. The third-order valence-corrected chi connectivity index (χ3v) is 7.04. The van der Waals surface area contributed by atoms with Gasteiger partial charge in [-0.1, -0.05) is 74.3 Å². The highest BCUT2D eigenvalue weighted by Gasteiger charge is 2.48. The Labute approximate surface area is 209 Å². The van der Waals surface area contributed by atoms with Gasteiger partial charge in [-0.25, -0.2) is 9.59 Å². The van der Waals surface area contributed by atoms with Crippen LogP contribution in [-0.4, -0.2) is 56.9 Å². The predicted octanol–water partition coefficient (Wildman–Crippen LogP) is 3.98. The van der Waals surface area contributed by atoms with Crippen molar-refractivity contribution in [3.05, 3.63) is 72.4 Å². The molecular weight excluding hydrogens is 462 g/mol. The average Bonchev–Trinajstić information content (AvgIpc) is 3.52. The number of carbonyl (C=O) groups excluding carboxylic acids is 3. The summed E-state index contributed by atoms with van der Waals surface area (Å²) in [6.45, 7) is 10.8. The van der Waals surface area contributed by atoms with Gasteiger partial charge in [0, 0.05) is 27.5 Å². The number of amides is 1. The van der Waals surface area contributed by atoms with Crippen molar-refractivity contribution in [3.63, 3.8) is 0 Å². The van der Waals surface area contributed by atoms with Gasteiger partial charge in [0.15, 0.2) is 6.10 Å². The topological polar surface area (TPSA) is 94.2 Å². The maximum absolute atomic E-state index is 12.9. The van der Waals surface area contributed by atoms with Gasteiger partial charge in [-0.15, -0.1) is 0 Å². The molecule has 1 saturated heterocycles. The minimum atomic E-state index is -1.23. The Kier molecular flexibility index (Phi) is 10.7. The third kappa shape index (κ3) is 11.3. The van der Waals surface area contributed by atoms with Gasteiger partial charge in [0.2, 0.25) is 5.91 Å². The summed E-state index contributed by atoms with van der Waals surface area (Å²) in [4.78, 5) is 36.3. The molecule has 7 nitrogen and oxygen atoms in total. The van der Waals surface area contributed by atoms with Crippen LogP contribution in [0.2, 0.25) is 25.7 Å². The van der Waals surface area contributed by atoms with Gasteiger partial charge in [0.1, 0.15) is 11.6 Å². The summed E-state index contributed by atoms with van der Waals surface area (Å²) in [5.74, 6) is -1.21. The molecule has 1 aromatic rings. The van der Waals surface area contributed by atoms with E-state index in [4.69, 9.17) is 14.2 Å². The lowest BCUT2D eigenvalue weighted by atomic mass is 10.0. The molecule has 8 heteroatoms. The van der Waals surface area contributed by atoms with Crippen LogP contribution in [-0.2, 0) is 35.0 Å². The molecule has 35 heavy (non-hydrogen) atoms. The van der Waals surface area contributed by atoms with Gasteiger partial charge in [-0.3, -0.25) is 4.79 Å². The van der Waals surface area contributed by atoms with E-state index in [9.17, 15) is 14.4 Å². The minimum Gasteiger partial charge on any atom is -0.463 e. The van der Waals surface area contributed by atoms with Crippen molar-refractivity contribution in [2.24, 2.45) is 0 Å².